The Morgan fingerprint density at radius 3 is 2.56 bits per heavy atom. The van der Waals surface area contributed by atoms with Crippen molar-refractivity contribution in [2.75, 3.05) is 0 Å². The maximum atomic E-state index is 12.1. The monoisotopic (exact) mass is 288 g/mol. The minimum absolute atomic E-state index is 0.0435. The Hall–Kier alpha value is -0.500. The van der Waals surface area contributed by atoms with Crippen molar-refractivity contribution in [2.24, 2.45) is 11.8 Å². The zero-order valence-electron chi connectivity index (χ0n) is 9.82. The Morgan fingerprint density at radius 1 is 1.33 bits per heavy atom. The second-order valence-corrected chi connectivity index (χ2v) is 7.98. The lowest BCUT2D eigenvalue weighted by molar-refractivity contribution is 0.0508. The van der Waals surface area contributed by atoms with Crippen LogP contribution in [-0.2, 0) is 10.0 Å². The molecular formula is C11H16N2O3S2. The van der Waals surface area contributed by atoms with Crippen LogP contribution >= 0.6 is 11.5 Å². The van der Waals surface area contributed by atoms with Gasteiger partial charge < -0.3 is 5.11 Å². The van der Waals surface area contributed by atoms with E-state index < -0.39 is 10.0 Å². The largest absolute Gasteiger partial charge is 0.393 e. The summed E-state index contributed by atoms with van der Waals surface area (Å²) < 4.78 is 31.0. The summed E-state index contributed by atoms with van der Waals surface area (Å²) in [5.74, 6) is 0.524. The van der Waals surface area contributed by atoms with Gasteiger partial charge in [0, 0.05) is 12.2 Å². The van der Waals surface area contributed by atoms with Crippen LogP contribution in [0.3, 0.4) is 0 Å². The predicted octanol–water partition coefficient (Wildman–Crippen LogP) is 0.971. The number of sulfonamides is 1. The van der Waals surface area contributed by atoms with Crippen LogP contribution in [0, 0.1) is 11.8 Å². The summed E-state index contributed by atoms with van der Waals surface area (Å²) in [6.07, 6.45) is 4.79. The molecule has 2 fully saturated rings. The Bertz CT molecular complexity index is 500. The van der Waals surface area contributed by atoms with Gasteiger partial charge in [0.15, 0.2) is 4.21 Å². The van der Waals surface area contributed by atoms with Crippen LogP contribution in [0.2, 0.25) is 0 Å². The number of aliphatic hydroxyl groups excluding tert-OH is 1. The highest BCUT2D eigenvalue weighted by Gasteiger charge is 2.42. The van der Waals surface area contributed by atoms with Gasteiger partial charge in [0.25, 0.3) is 10.0 Å². The average molecular weight is 288 g/mol. The molecule has 3 rings (SSSR count). The Balaban J connectivity index is 1.71. The molecule has 2 aliphatic rings. The highest BCUT2D eigenvalue weighted by molar-refractivity contribution is 7.91. The first-order valence-electron chi connectivity index (χ1n) is 6.17. The van der Waals surface area contributed by atoms with E-state index in [-0.39, 0.29) is 28.2 Å². The lowest BCUT2D eigenvalue weighted by atomic mass is 9.83. The molecule has 0 spiro atoms. The van der Waals surface area contributed by atoms with Crippen molar-refractivity contribution in [3.63, 3.8) is 0 Å². The highest BCUT2D eigenvalue weighted by Crippen LogP contribution is 2.42. The number of hydrogen-bond donors (Lipinski definition) is 2. The normalized spacial score (nSPS) is 35.8. The van der Waals surface area contributed by atoms with Crippen LogP contribution in [-0.4, -0.2) is 30.0 Å². The summed E-state index contributed by atoms with van der Waals surface area (Å²) in [5, 5.41) is 9.92. The van der Waals surface area contributed by atoms with Gasteiger partial charge in [0.2, 0.25) is 0 Å². The average Bonchev–Trinajstić information content (AvgIpc) is 2.89. The Labute approximate surface area is 110 Å². The van der Waals surface area contributed by atoms with Crippen LogP contribution < -0.4 is 4.72 Å². The molecule has 2 bridgehead atoms. The maximum absolute atomic E-state index is 12.1. The first-order chi connectivity index (χ1) is 8.56. The number of aromatic nitrogens is 1. The molecule has 2 unspecified atom stereocenters. The van der Waals surface area contributed by atoms with E-state index in [1.54, 1.807) is 0 Å². The molecule has 0 amide bonds. The molecule has 100 valence electrons. The fourth-order valence-corrected chi connectivity index (χ4v) is 5.21. The van der Waals surface area contributed by atoms with Gasteiger partial charge in [0.1, 0.15) is 0 Å². The summed E-state index contributed by atoms with van der Waals surface area (Å²) in [5.41, 5.74) is 0. The summed E-state index contributed by atoms with van der Waals surface area (Å²) in [7, 11) is -3.43. The van der Waals surface area contributed by atoms with Gasteiger partial charge in [-0.25, -0.2) is 13.1 Å². The van der Waals surface area contributed by atoms with E-state index >= 15 is 0 Å². The molecule has 1 aromatic heterocycles. The van der Waals surface area contributed by atoms with Crippen LogP contribution in [0.5, 0.6) is 0 Å². The molecule has 0 radical (unpaired) electrons. The molecule has 1 aromatic rings. The third kappa shape index (κ3) is 2.20. The van der Waals surface area contributed by atoms with Gasteiger partial charge >= 0.3 is 0 Å². The van der Waals surface area contributed by atoms with Gasteiger partial charge in [-0.3, -0.25) is 0 Å². The number of fused-ring (bicyclic) bond motifs is 2. The summed E-state index contributed by atoms with van der Waals surface area (Å²) in [4.78, 5) is 0. The van der Waals surface area contributed by atoms with Crippen molar-refractivity contribution in [2.45, 2.75) is 42.0 Å². The zero-order chi connectivity index (χ0) is 12.8. The van der Waals surface area contributed by atoms with Gasteiger partial charge in [-0.05, 0) is 55.1 Å². The standard InChI is InChI=1S/C11H16N2O3S2/c14-11-7-1-2-8(11)6-9(5-7)13-18(15,16)10-3-4-12-17-10/h3-4,7-9,11,13-14H,1-2,5-6H2/t7-,8+,9?,11?. The first-order valence-corrected chi connectivity index (χ1v) is 8.43. The molecule has 2 aliphatic carbocycles. The fourth-order valence-electron chi connectivity index (χ4n) is 3.21. The van der Waals surface area contributed by atoms with Crippen LogP contribution in [0.1, 0.15) is 25.7 Å². The quantitative estimate of drug-likeness (QED) is 0.868. The van der Waals surface area contributed by atoms with Gasteiger partial charge in [0.05, 0.1) is 6.10 Å². The second-order valence-electron chi connectivity index (χ2n) is 5.21. The van der Waals surface area contributed by atoms with E-state index in [4.69, 9.17) is 0 Å². The molecule has 2 saturated carbocycles. The van der Waals surface area contributed by atoms with E-state index in [0.717, 1.165) is 37.2 Å². The van der Waals surface area contributed by atoms with Gasteiger partial charge in [-0.15, -0.1) is 0 Å². The first kappa shape index (κ1) is 12.5. The highest BCUT2D eigenvalue weighted by atomic mass is 32.2. The Morgan fingerprint density at radius 2 is 2.00 bits per heavy atom. The van der Waals surface area contributed by atoms with E-state index in [0.29, 0.717) is 0 Å². The van der Waals surface area contributed by atoms with Crippen molar-refractivity contribution in [3.05, 3.63) is 12.3 Å². The third-order valence-corrected chi connectivity index (χ3v) is 6.78. The summed E-state index contributed by atoms with van der Waals surface area (Å²) in [6.45, 7) is 0. The molecule has 0 aromatic carbocycles. The van der Waals surface area contributed by atoms with Crippen molar-refractivity contribution in [3.8, 4) is 0 Å². The number of rotatable bonds is 3. The molecule has 0 aliphatic heterocycles. The fraction of sp³-hybridized carbons (Fsp3) is 0.727. The van der Waals surface area contributed by atoms with E-state index in [9.17, 15) is 13.5 Å². The minimum Gasteiger partial charge on any atom is -0.393 e. The van der Waals surface area contributed by atoms with Gasteiger partial charge in [-0.2, -0.15) is 4.37 Å². The topological polar surface area (TPSA) is 79.3 Å². The van der Waals surface area contributed by atoms with Crippen molar-refractivity contribution >= 4 is 21.6 Å². The van der Waals surface area contributed by atoms with Crippen molar-refractivity contribution in [1.29, 1.82) is 0 Å². The van der Waals surface area contributed by atoms with Crippen molar-refractivity contribution < 1.29 is 13.5 Å². The Kier molecular flexibility index (Phi) is 3.17. The predicted molar refractivity (Wildman–Crippen MR) is 67.7 cm³/mol. The number of aliphatic hydroxyl groups is 1. The second kappa shape index (κ2) is 4.56. The molecule has 7 heteroatoms. The van der Waals surface area contributed by atoms with Crippen molar-refractivity contribution in [1.82, 2.24) is 9.10 Å². The van der Waals surface area contributed by atoms with Gasteiger partial charge in [-0.1, -0.05) is 0 Å². The van der Waals surface area contributed by atoms with E-state index in [1.165, 1.54) is 12.3 Å². The summed E-state index contributed by atoms with van der Waals surface area (Å²) in [6, 6.07) is 1.47. The number of hydrogen-bond acceptors (Lipinski definition) is 5. The molecule has 4 atom stereocenters. The SMILES string of the molecule is O=S(=O)(NC1C[C@H]2CC[C@@H](C1)C2O)c1ccns1. The number of nitrogens with one attached hydrogen (secondary N) is 1. The zero-order valence-corrected chi connectivity index (χ0v) is 11.5. The lowest BCUT2D eigenvalue weighted by Gasteiger charge is -2.32. The summed E-state index contributed by atoms with van der Waals surface area (Å²) >= 11 is 0.986. The molecule has 1 heterocycles. The maximum Gasteiger partial charge on any atom is 0.251 e. The minimum atomic E-state index is -3.43. The van der Waals surface area contributed by atoms with Crippen LogP contribution in [0.4, 0.5) is 0 Å². The third-order valence-electron chi connectivity index (χ3n) is 4.05. The molecule has 2 N–H and O–H groups in total. The molecular weight excluding hydrogens is 272 g/mol. The molecule has 5 nitrogen and oxygen atoms in total. The van der Waals surface area contributed by atoms with Crippen LogP contribution in [0.15, 0.2) is 16.5 Å². The smallest absolute Gasteiger partial charge is 0.251 e. The van der Waals surface area contributed by atoms with Crippen LogP contribution in [0.25, 0.3) is 0 Å². The molecule has 0 saturated heterocycles. The molecule has 18 heavy (non-hydrogen) atoms. The number of nitrogens with zero attached hydrogens (tertiary/aromatic N) is 1. The van der Waals surface area contributed by atoms with E-state index in [2.05, 4.69) is 9.10 Å². The lowest BCUT2D eigenvalue weighted by Crippen LogP contribution is -2.43. The van der Waals surface area contributed by atoms with E-state index in [1.807, 2.05) is 0 Å².